The Labute approximate surface area is 126 Å². The van der Waals surface area contributed by atoms with Gasteiger partial charge in [-0.3, -0.25) is 9.78 Å². The van der Waals surface area contributed by atoms with Crippen LogP contribution in [0.1, 0.15) is 26.3 Å². The molecule has 0 amide bonds. The Morgan fingerprint density at radius 1 is 1.53 bits per heavy atom. The molecule has 0 bridgehead atoms. The molecule has 0 unspecified atom stereocenters. The minimum Gasteiger partial charge on any atom is -1.00 e. The normalized spacial score (nSPS) is 10.0. The Morgan fingerprint density at radius 3 is 2.88 bits per heavy atom. The van der Waals surface area contributed by atoms with E-state index < -0.39 is 5.97 Å². The molecule has 1 aromatic rings. The van der Waals surface area contributed by atoms with Crippen LogP contribution in [0.4, 0.5) is 0 Å². The number of nitrogens with zero attached hydrogens (tertiary/aromatic N) is 2. The number of aromatic nitrogens is 1. The summed E-state index contributed by atoms with van der Waals surface area (Å²) in [6.45, 7) is 1.78. The van der Waals surface area contributed by atoms with E-state index in [4.69, 9.17) is 5.11 Å². The van der Waals surface area contributed by atoms with Crippen molar-refractivity contribution in [3.63, 3.8) is 0 Å². The van der Waals surface area contributed by atoms with Gasteiger partial charge in [0.1, 0.15) is 0 Å². The minimum atomic E-state index is -0.713. The van der Waals surface area contributed by atoms with Crippen LogP contribution >= 0.6 is 0 Å². The summed E-state index contributed by atoms with van der Waals surface area (Å²) in [6, 6.07) is 3.97. The van der Waals surface area contributed by atoms with Gasteiger partial charge in [-0.05, 0) is 38.1 Å². The van der Waals surface area contributed by atoms with Gasteiger partial charge in [0.2, 0.25) is 0 Å². The fourth-order valence-electron chi connectivity index (χ4n) is 1.54. The summed E-state index contributed by atoms with van der Waals surface area (Å²) in [5, 5.41) is 8.49. The SMILES string of the molecule is CN(CCCCC(=O)O)Cc1cccnc1.[H-].[Na+]. The van der Waals surface area contributed by atoms with E-state index in [1.54, 1.807) is 6.20 Å². The number of carbonyl (C=O) groups is 1. The van der Waals surface area contributed by atoms with Crippen molar-refractivity contribution < 1.29 is 40.9 Å². The Hall–Kier alpha value is -0.420. The maximum atomic E-state index is 10.3. The number of hydrogen-bond acceptors (Lipinski definition) is 3. The van der Waals surface area contributed by atoms with Gasteiger partial charge in [0.05, 0.1) is 0 Å². The molecular formula is C12H19N2NaO2. The molecule has 1 aromatic heterocycles. The minimum absolute atomic E-state index is 0. The Kier molecular flexibility index (Phi) is 9.36. The molecular weight excluding hydrogens is 227 g/mol. The zero-order valence-corrected chi connectivity index (χ0v) is 12.6. The van der Waals surface area contributed by atoms with E-state index in [1.165, 1.54) is 5.56 Å². The van der Waals surface area contributed by atoms with Crippen LogP contribution in [0.25, 0.3) is 0 Å². The van der Waals surface area contributed by atoms with Gasteiger partial charge in [-0.2, -0.15) is 0 Å². The van der Waals surface area contributed by atoms with Crippen LogP contribution in [0.2, 0.25) is 0 Å². The largest absolute Gasteiger partial charge is 1.00 e. The molecule has 17 heavy (non-hydrogen) atoms. The maximum Gasteiger partial charge on any atom is 1.00 e. The number of unbranched alkanes of at least 4 members (excludes halogenated alkanes) is 1. The van der Waals surface area contributed by atoms with Crippen molar-refractivity contribution in [1.82, 2.24) is 9.88 Å². The van der Waals surface area contributed by atoms with Crippen molar-refractivity contribution >= 4 is 5.97 Å². The molecule has 1 N–H and O–H groups in total. The van der Waals surface area contributed by atoms with E-state index in [1.807, 2.05) is 25.4 Å². The number of hydrogen-bond donors (Lipinski definition) is 1. The van der Waals surface area contributed by atoms with Crippen molar-refractivity contribution in [3.8, 4) is 0 Å². The van der Waals surface area contributed by atoms with E-state index >= 15 is 0 Å². The third kappa shape index (κ3) is 8.32. The number of pyridine rings is 1. The predicted octanol–water partition coefficient (Wildman–Crippen LogP) is -1.12. The molecule has 1 rings (SSSR count). The van der Waals surface area contributed by atoms with Crippen LogP contribution in [-0.2, 0) is 11.3 Å². The van der Waals surface area contributed by atoms with Gasteiger partial charge in [-0.15, -0.1) is 0 Å². The summed E-state index contributed by atoms with van der Waals surface area (Å²) < 4.78 is 0. The fraction of sp³-hybridized carbons (Fsp3) is 0.500. The fourth-order valence-corrected chi connectivity index (χ4v) is 1.54. The molecule has 1 heterocycles. The van der Waals surface area contributed by atoms with Gasteiger partial charge in [-0.25, -0.2) is 0 Å². The van der Waals surface area contributed by atoms with Gasteiger partial charge in [0, 0.05) is 25.4 Å². The molecule has 0 aliphatic heterocycles. The summed E-state index contributed by atoms with van der Waals surface area (Å²) in [6.07, 6.45) is 5.54. The molecule has 0 spiro atoms. The predicted molar refractivity (Wildman–Crippen MR) is 63.2 cm³/mol. The van der Waals surface area contributed by atoms with Crippen LogP contribution in [0.15, 0.2) is 24.5 Å². The quantitative estimate of drug-likeness (QED) is 0.489. The standard InChI is InChI=1S/C12H18N2O2.Na.H/c1-14(8-3-2-6-12(15)16)10-11-5-4-7-13-9-11;;/h4-5,7,9H,2-3,6,8,10H2,1H3,(H,15,16);;/q;+1;-1. The van der Waals surface area contributed by atoms with Gasteiger partial charge in [0.15, 0.2) is 0 Å². The molecule has 0 saturated carbocycles. The number of rotatable bonds is 7. The zero-order valence-electron chi connectivity index (χ0n) is 11.6. The summed E-state index contributed by atoms with van der Waals surface area (Å²) in [5.74, 6) is -0.713. The second kappa shape index (κ2) is 9.59. The first-order valence-electron chi connectivity index (χ1n) is 5.47. The van der Waals surface area contributed by atoms with Crippen molar-refractivity contribution in [2.45, 2.75) is 25.8 Å². The average molecular weight is 246 g/mol. The first-order chi connectivity index (χ1) is 7.68. The molecule has 90 valence electrons. The Morgan fingerprint density at radius 2 is 2.29 bits per heavy atom. The summed E-state index contributed by atoms with van der Waals surface area (Å²) >= 11 is 0. The monoisotopic (exact) mass is 246 g/mol. The molecule has 0 saturated heterocycles. The van der Waals surface area contributed by atoms with Gasteiger partial charge >= 0.3 is 35.5 Å². The molecule has 0 aliphatic rings. The second-order valence-electron chi connectivity index (χ2n) is 3.95. The van der Waals surface area contributed by atoms with Gasteiger partial charge in [0.25, 0.3) is 0 Å². The molecule has 0 fully saturated rings. The smallest absolute Gasteiger partial charge is 1.00 e. The number of carboxylic acids is 1. The van der Waals surface area contributed by atoms with Crippen molar-refractivity contribution in [2.75, 3.05) is 13.6 Å². The van der Waals surface area contributed by atoms with E-state index in [0.717, 1.165) is 25.9 Å². The average Bonchev–Trinajstić information content (AvgIpc) is 2.25. The van der Waals surface area contributed by atoms with E-state index in [-0.39, 0.29) is 37.4 Å². The van der Waals surface area contributed by atoms with E-state index in [0.29, 0.717) is 0 Å². The molecule has 4 nitrogen and oxygen atoms in total. The maximum absolute atomic E-state index is 10.3. The van der Waals surface area contributed by atoms with Crippen LogP contribution in [0, 0.1) is 0 Å². The topological polar surface area (TPSA) is 53.4 Å². The van der Waals surface area contributed by atoms with Crippen LogP contribution in [0.5, 0.6) is 0 Å². The molecule has 5 heteroatoms. The molecule has 0 atom stereocenters. The summed E-state index contributed by atoms with van der Waals surface area (Å²) in [4.78, 5) is 16.5. The summed E-state index contributed by atoms with van der Waals surface area (Å²) in [5.41, 5.74) is 1.18. The van der Waals surface area contributed by atoms with Gasteiger partial charge in [-0.1, -0.05) is 6.07 Å². The van der Waals surface area contributed by atoms with Crippen molar-refractivity contribution in [3.05, 3.63) is 30.1 Å². The van der Waals surface area contributed by atoms with Gasteiger partial charge < -0.3 is 11.4 Å². The first-order valence-corrected chi connectivity index (χ1v) is 5.47. The van der Waals surface area contributed by atoms with Crippen molar-refractivity contribution in [1.29, 1.82) is 0 Å². The first kappa shape index (κ1) is 16.6. The van der Waals surface area contributed by atoms with Crippen molar-refractivity contribution in [2.24, 2.45) is 0 Å². The van der Waals surface area contributed by atoms with Crippen LogP contribution in [-0.4, -0.2) is 34.6 Å². The molecule has 0 radical (unpaired) electrons. The Bertz CT molecular complexity index is 325. The number of carboxylic acid groups (broad SMARTS) is 1. The number of aliphatic carboxylic acids is 1. The van der Waals surface area contributed by atoms with Crippen LogP contribution < -0.4 is 29.6 Å². The molecule has 0 aromatic carbocycles. The second-order valence-corrected chi connectivity index (χ2v) is 3.95. The summed E-state index contributed by atoms with van der Waals surface area (Å²) in [7, 11) is 2.04. The van der Waals surface area contributed by atoms with Crippen LogP contribution in [0.3, 0.4) is 0 Å². The zero-order chi connectivity index (χ0) is 11.8. The van der Waals surface area contributed by atoms with E-state index in [2.05, 4.69) is 9.88 Å². The third-order valence-corrected chi connectivity index (χ3v) is 2.36. The van der Waals surface area contributed by atoms with E-state index in [9.17, 15) is 4.79 Å². The third-order valence-electron chi connectivity index (χ3n) is 2.36. The Balaban J connectivity index is 0. The molecule has 0 aliphatic carbocycles.